The second-order valence-electron chi connectivity index (χ2n) is 5.98. The molecule has 144 valence electrons. The van der Waals surface area contributed by atoms with Crippen molar-refractivity contribution >= 4 is 22.6 Å². The molecule has 0 spiro atoms. The number of alkyl halides is 3. The van der Waals surface area contributed by atoms with Gasteiger partial charge in [0.05, 0.1) is 16.8 Å². The molecule has 0 aliphatic rings. The first-order valence-electron chi connectivity index (χ1n) is 8.02. The molecule has 2 heterocycles. The first-order valence-corrected chi connectivity index (χ1v) is 8.02. The molecule has 2 aromatic heterocycles. The first-order chi connectivity index (χ1) is 13.2. The zero-order valence-corrected chi connectivity index (χ0v) is 14.8. The quantitative estimate of drug-likeness (QED) is 0.739. The lowest BCUT2D eigenvalue weighted by atomic mass is 10.1. The van der Waals surface area contributed by atoms with Crippen molar-refractivity contribution in [2.24, 2.45) is 7.05 Å². The summed E-state index contributed by atoms with van der Waals surface area (Å²) < 4.78 is 43.1. The summed E-state index contributed by atoms with van der Waals surface area (Å²) in [7, 11) is 1.74. The monoisotopic (exact) mass is 389 g/mol. The van der Waals surface area contributed by atoms with Crippen molar-refractivity contribution in [3.05, 3.63) is 47.3 Å². The van der Waals surface area contributed by atoms with E-state index in [0.717, 1.165) is 11.1 Å². The maximum atomic E-state index is 12.5. The van der Waals surface area contributed by atoms with Gasteiger partial charge < -0.3 is 10.1 Å². The number of amides is 1. The van der Waals surface area contributed by atoms with Crippen molar-refractivity contribution in [3.8, 4) is 11.8 Å². The molecule has 1 aromatic carbocycles. The van der Waals surface area contributed by atoms with Crippen LogP contribution < -0.4 is 10.1 Å². The van der Waals surface area contributed by atoms with Crippen LogP contribution in [-0.2, 0) is 7.05 Å². The zero-order chi connectivity index (χ0) is 20.5. The van der Waals surface area contributed by atoms with E-state index in [1.807, 2.05) is 0 Å². The Balaban J connectivity index is 1.80. The van der Waals surface area contributed by atoms with E-state index < -0.39 is 18.7 Å². The topological polar surface area (TPSA) is 92.8 Å². The molecule has 3 aromatic rings. The van der Waals surface area contributed by atoms with Crippen molar-refractivity contribution in [2.45, 2.75) is 13.1 Å². The smallest absolute Gasteiger partial charge is 0.422 e. The lowest BCUT2D eigenvalue weighted by Crippen LogP contribution is -2.19. The third-order valence-electron chi connectivity index (χ3n) is 3.87. The molecule has 1 N–H and O–H groups in total. The Morgan fingerprint density at radius 1 is 1.36 bits per heavy atom. The molecule has 0 fully saturated rings. The van der Waals surface area contributed by atoms with E-state index >= 15 is 0 Å². The minimum Gasteiger partial charge on any atom is -0.483 e. The predicted octanol–water partition coefficient (Wildman–Crippen LogP) is 3.34. The highest BCUT2D eigenvalue weighted by Crippen LogP contribution is 2.25. The Labute approximate surface area is 157 Å². The number of aryl methyl sites for hydroxylation is 2. The average Bonchev–Trinajstić information content (AvgIpc) is 2.93. The van der Waals surface area contributed by atoms with Crippen molar-refractivity contribution in [3.63, 3.8) is 0 Å². The number of nitriles is 1. The maximum Gasteiger partial charge on any atom is 0.422 e. The second-order valence-corrected chi connectivity index (χ2v) is 5.98. The van der Waals surface area contributed by atoms with Crippen LogP contribution >= 0.6 is 0 Å². The zero-order valence-electron chi connectivity index (χ0n) is 14.8. The molecule has 10 heteroatoms. The highest BCUT2D eigenvalue weighted by Gasteiger charge is 2.29. The number of halogens is 3. The van der Waals surface area contributed by atoms with E-state index in [2.05, 4.69) is 20.1 Å². The molecular weight excluding hydrogens is 375 g/mol. The summed E-state index contributed by atoms with van der Waals surface area (Å²) in [4.78, 5) is 16.7. The van der Waals surface area contributed by atoms with Crippen LogP contribution in [0, 0.1) is 18.3 Å². The summed E-state index contributed by atoms with van der Waals surface area (Å²) in [6.07, 6.45) is -3.12. The fourth-order valence-electron chi connectivity index (χ4n) is 2.62. The maximum absolute atomic E-state index is 12.5. The molecule has 0 aliphatic carbocycles. The number of anilines is 1. The normalized spacial score (nSPS) is 11.3. The molecule has 1 amide bonds. The van der Waals surface area contributed by atoms with Gasteiger partial charge in [0.2, 0.25) is 0 Å². The fourth-order valence-corrected chi connectivity index (χ4v) is 2.62. The number of nitrogens with zero attached hydrogens (tertiary/aromatic N) is 4. The Morgan fingerprint density at radius 3 is 2.79 bits per heavy atom. The number of pyridine rings is 1. The van der Waals surface area contributed by atoms with Gasteiger partial charge in [0.15, 0.2) is 12.3 Å². The fraction of sp³-hybridized carbons (Fsp3) is 0.222. The van der Waals surface area contributed by atoms with Gasteiger partial charge in [-0.2, -0.15) is 23.5 Å². The standard InChI is InChI=1S/C18H14F3N5O2/c1-10-14-6-12(8-23-16(14)26(2)25-10)17(27)24-13-3-4-15(11(5-13)7-22)28-9-18(19,20)21/h3-6,8H,9H2,1-2H3,(H,24,27). The predicted molar refractivity (Wildman–Crippen MR) is 93.9 cm³/mol. The van der Waals surface area contributed by atoms with E-state index in [-0.39, 0.29) is 22.6 Å². The highest BCUT2D eigenvalue weighted by molar-refractivity contribution is 6.05. The van der Waals surface area contributed by atoms with Crippen molar-refractivity contribution < 1.29 is 22.7 Å². The van der Waals surface area contributed by atoms with Crippen molar-refractivity contribution in [2.75, 3.05) is 11.9 Å². The molecule has 0 bridgehead atoms. The van der Waals surface area contributed by atoms with Crippen LogP contribution in [0.3, 0.4) is 0 Å². The van der Waals surface area contributed by atoms with E-state index in [4.69, 9.17) is 5.26 Å². The molecular formula is C18H14F3N5O2. The number of ether oxygens (including phenoxy) is 1. The summed E-state index contributed by atoms with van der Waals surface area (Å²) in [6, 6.07) is 7.19. The van der Waals surface area contributed by atoms with Gasteiger partial charge in [0, 0.05) is 24.3 Å². The van der Waals surface area contributed by atoms with Crippen LogP contribution in [0.5, 0.6) is 5.75 Å². The van der Waals surface area contributed by atoms with Crippen LogP contribution in [0.4, 0.5) is 18.9 Å². The van der Waals surface area contributed by atoms with E-state index in [1.54, 1.807) is 30.8 Å². The van der Waals surface area contributed by atoms with Crippen molar-refractivity contribution in [1.29, 1.82) is 5.26 Å². The lowest BCUT2D eigenvalue weighted by Gasteiger charge is -2.12. The lowest BCUT2D eigenvalue weighted by molar-refractivity contribution is -0.153. The van der Waals surface area contributed by atoms with Crippen LogP contribution in [0.25, 0.3) is 11.0 Å². The van der Waals surface area contributed by atoms with Gasteiger partial charge in [0.25, 0.3) is 5.91 Å². The SMILES string of the molecule is Cc1nn(C)c2ncc(C(=O)Nc3ccc(OCC(F)(F)F)c(C#N)c3)cc12. The molecule has 0 atom stereocenters. The molecule has 0 aliphatic heterocycles. The molecule has 28 heavy (non-hydrogen) atoms. The first kappa shape index (κ1) is 19.2. The molecule has 3 rings (SSSR count). The summed E-state index contributed by atoms with van der Waals surface area (Å²) in [5.41, 5.74) is 1.74. The van der Waals surface area contributed by atoms with Gasteiger partial charge in [-0.1, -0.05) is 0 Å². The van der Waals surface area contributed by atoms with E-state index in [1.165, 1.54) is 24.4 Å². The Kier molecular flexibility index (Phi) is 4.92. The number of carbonyl (C=O) groups excluding carboxylic acids is 1. The highest BCUT2D eigenvalue weighted by atomic mass is 19.4. The summed E-state index contributed by atoms with van der Waals surface area (Å²) in [5, 5.41) is 16.7. The number of carbonyl (C=O) groups is 1. The van der Waals surface area contributed by atoms with Crippen LogP contribution in [0.2, 0.25) is 0 Å². The number of nitrogens with one attached hydrogen (secondary N) is 1. The summed E-state index contributed by atoms with van der Waals surface area (Å²) in [6.45, 7) is 0.286. The molecule has 0 saturated carbocycles. The van der Waals surface area contributed by atoms with Crippen LogP contribution in [0.1, 0.15) is 21.6 Å². The van der Waals surface area contributed by atoms with Crippen molar-refractivity contribution in [1.82, 2.24) is 14.8 Å². The van der Waals surface area contributed by atoms with E-state index in [0.29, 0.717) is 5.65 Å². The van der Waals surface area contributed by atoms with Gasteiger partial charge in [-0.15, -0.1) is 0 Å². The third kappa shape index (κ3) is 4.03. The molecule has 0 radical (unpaired) electrons. The van der Waals surface area contributed by atoms with Gasteiger partial charge in [-0.25, -0.2) is 4.98 Å². The van der Waals surface area contributed by atoms with Crippen LogP contribution in [-0.4, -0.2) is 33.5 Å². The summed E-state index contributed by atoms with van der Waals surface area (Å²) in [5.74, 6) is -0.697. The number of benzene rings is 1. The second kappa shape index (κ2) is 7.19. The molecule has 0 unspecified atom stereocenters. The minimum absolute atomic E-state index is 0.126. The number of aromatic nitrogens is 3. The van der Waals surface area contributed by atoms with Gasteiger partial charge in [0.1, 0.15) is 11.8 Å². The van der Waals surface area contributed by atoms with Gasteiger partial charge in [-0.3, -0.25) is 9.48 Å². The molecule has 7 nitrogen and oxygen atoms in total. The van der Waals surface area contributed by atoms with E-state index in [9.17, 15) is 18.0 Å². The number of fused-ring (bicyclic) bond motifs is 1. The Hall–Kier alpha value is -3.61. The summed E-state index contributed by atoms with van der Waals surface area (Å²) >= 11 is 0. The minimum atomic E-state index is -4.52. The largest absolute Gasteiger partial charge is 0.483 e. The third-order valence-corrected chi connectivity index (χ3v) is 3.87. The van der Waals surface area contributed by atoms with Crippen LogP contribution in [0.15, 0.2) is 30.5 Å². The number of rotatable bonds is 4. The van der Waals surface area contributed by atoms with Gasteiger partial charge >= 0.3 is 6.18 Å². The number of hydrogen-bond donors (Lipinski definition) is 1. The molecule has 0 saturated heterocycles. The average molecular weight is 389 g/mol. The Morgan fingerprint density at radius 2 is 2.11 bits per heavy atom. The Bertz CT molecular complexity index is 1100. The number of hydrogen-bond acceptors (Lipinski definition) is 5. The van der Waals surface area contributed by atoms with Gasteiger partial charge in [-0.05, 0) is 31.2 Å².